The number of hydrogen-bond acceptors (Lipinski definition) is 4. The number of halogens is 1. The van der Waals surface area contributed by atoms with Crippen LogP contribution in [0, 0.1) is 10.1 Å². The number of nitrogens with one attached hydrogen (secondary N) is 1. The zero-order valence-electron chi connectivity index (χ0n) is 7.69. The first kappa shape index (κ1) is 11.3. The van der Waals surface area contributed by atoms with Crippen LogP contribution in [0.4, 0.5) is 16.2 Å². The van der Waals surface area contributed by atoms with Crippen LogP contribution in [0.2, 0.25) is 5.02 Å². The van der Waals surface area contributed by atoms with Crippen molar-refractivity contribution in [1.82, 2.24) is 0 Å². The topological polar surface area (TPSA) is 81.5 Å². The lowest BCUT2D eigenvalue weighted by atomic mass is 10.2. The van der Waals surface area contributed by atoms with E-state index in [1.165, 1.54) is 18.2 Å². The molecule has 0 aromatic heterocycles. The molecule has 0 radical (unpaired) electrons. The molecule has 0 heterocycles. The Bertz CT molecular complexity index is 408. The van der Waals surface area contributed by atoms with E-state index in [-0.39, 0.29) is 16.4 Å². The highest BCUT2D eigenvalue weighted by molar-refractivity contribution is 6.33. The Kier molecular flexibility index (Phi) is 3.46. The standard InChI is InChI=1S/C8H7ClN2O4/c1-15-8(12)10-6-4-2-3-5(9)7(6)11(13)14/h2-4H,1H3,(H,10,12). The average Bonchev–Trinajstić information content (AvgIpc) is 2.17. The number of carbonyl (C=O) groups is 1. The highest BCUT2D eigenvalue weighted by atomic mass is 35.5. The lowest BCUT2D eigenvalue weighted by molar-refractivity contribution is -0.383. The lowest BCUT2D eigenvalue weighted by Gasteiger charge is -2.04. The third-order valence-electron chi connectivity index (χ3n) is 1.59. The molecule has 0 aliphatic carbocycles. The third kappa shape index (κ3) is 2.57. The Morgan fingerprint density at radius 3 is 2.80 bits per heavy atom. The number of nitro benzene ring substituents is 1. The summed E-state index contributed by atoms with van der Waals surface area (Å²) in [7, 11) is 1.16. The summed E-state index contributed by atoms with van der Waals surface area (Å²) in [6, 6.07) is 4.21. The van der Waals surface area contributed by atoms with Crippen LogP contribution < -0.4 is 5.32 Å². The second-order valence-electron chi connectivity index (χ2n) is 2.51. The minimum absolute atomic E-state index is 0.000602. The maximum absolute atomic E-state index is 10.9. The molecule has 0 fully saturated rings. The fourth-order valence-corrected chi connectivity index (χ4v) is 1.21. The molecule has 0 saturated heterocycles. The summed E-state index contributed by atoms with van der Waals surface area (Å²) in [5.74, 6) is 0. The molecule has 0 atom stereocenters. The van der Waals surface area contributed by atoms with Crippen molar-refractivity contribution in [3.63, 3.8) is 0 Å². The molecule has 80 valence electrons. The second kappa shape index (κ2) is 4.61. The van der Waals surface area contributed by atoms with Gasteiger partial charge >= 0.3 is 11.8 Å². The molecule has 1 aromatic carbocycles. The molecule has 15 heavy (non-hydrogen) atoms. The number of amides is 1. The number of nitro groups is 1. The molecule has 1 aromatic rings. The summed E-state index contributed by atoms with van der Waals surface area (Å²) in [4.78, 5) is 20.8. The van der Waals surface area contributed by atoms with E-state index in [1.807, 2.05) is 0 Å². The van der Waals surface area contributed by atoms with Crippen LogP contribution in [-0.4, -0.2) is 18.1 Å². The number of para-hydroxylation sites is 1. The SMILES string of the molecule is COC(=O)Nc1cccc(Cl)c1[N+](=O)[O-]. The van der Waals surface area contributed by atoms with Crippen molar-refractivity contribution in [1.29, 1.82) is 0 Å². The van der Waals surface area contributed by atoms with Crippen molar-refractivity contribution in [2.45, 2.75) is 0 Å². The number of benzene rings is 1. The molecule has 0 aliphatic rings. The first-order chi connectivity index (χ1) is 7.06. The van der Waals surface area contributed by atoms with Gasteiger partial charge in [-0.3, -0.25) is 15.4 Å². The fraction of sp³-hybridized carbons (Fsp3) is 0.125. The van der Waals surface area contributed by atoms with E-state index in [2.05, 4.69) is 10.1 Å². The van der Waals surface area contributed by atoms with Gasteiger partial charge < -0.3 is 4.74 Å². The Labute approximate surface area is 89.9 Å². The van der Waals surface area contributed by atoms with Crippen LogP contribution in [0.1, 0.15) is 0 Å². The van der Waals surface area contributed by atoms with Crippen molar-refractivity contribution in [3.8, 4) is 0 Å². The Morgan fingerprint density at radius 1 is 1.60 bits per heavy atom. The lowest BCUT2D eigenvalue weighted by Crippen LogP contribution is -2.12. The van der Waals surface area contributed by atoms with Gasteiger partial charge in [0.15, 0.2) is 0 Å². The summed E-state index contributed by atoms with van der Waals surface area (Å²) in [6.45, 7) is 0. The van der Waals surface area contributed by atoms with Gasteiger partial charge in [-0.25, -0.2) is 4.79 Å². The molecule has 6 nitrogen and oxygen atoms in total. The molecule has 1 N–H and O–H groups in total. The van der Waals surface area contributed by atoms with Crippen LogP contribution in [0.15, 0.2) is 18.2 Å². The highest BCUT2D eigenvalue weighted by Crippen LogP contribution is 2.32. The molecule has 7 heteroatoms. The summed E-state index contributed by atoms with van der Waals surface area (Å²) in [5.41, 5.74) is -0.357. The maximum atomic E-state index is 10.9. The van der Waals surface area contributed by atoms with E-state index in [0.29, 0.717) is 0 Å². The van der Waals surface area contributed by atoms with Crippen LogP contribution in [0.25, 0.3) is 0 Å². The van der Waals surface area contributed by atoms with Gasteiger partial charge in [-0.05, 0) is 12.1 Å². The molecule has 0 unspecified atom stereocenters. The Balaban J connectivity index is 3.11. The minimum atomic E-state index is -0.791. The van der Waals surface area contributed by atoms with Crippen LogP contribution in [-0.2, 0) is 4.74 Å². The van der Waals surface area contributed by atoms with Crippen LogP contribution >= 0.6 is 11.6 Å². The largest absolute Gasteiger partial charge is 0.453 e. The monoisotopic (exact) mass is 230 g/mol. The quantitative estimate of drug-likeness (QED) is 0.625. The van der Waals surface area contributed by atoms with Gasteiger partial charge in [0.1, 0.15) is 10.7 Å². The minimum Gasteiger partial charge on any atom is -0.453 e. The summed E-state index contributed by atoms with van der Waals surface area (Å²) < 4.78 is 4.31. The van der Waals surface area contributed by atoms with E-state index in [9.17, 15) is 14.9 Å². The first-order valence-corrected chi connectivity index (χ1v) is 4.22. The Morgan fingerprint density at radius 2 is 2.27 bits per heavy atom. The van der Waals surface area contributed by atoms with Crippen molar-refractivity contribution >= 4 is 29.1 Å². The predicted octanol–water partition coefficient (Wildman–Crippen LogP) is 2.43. The van der Waals surface area contributed by atoms with Crippen molar-refractivity contribution in [3.05, 3.63) is 33.3 Å². The number of methoxy groups -OCH3 is 1. The van der Waals surface area contributed by atoms with Crippen molar-refractivity contribution in [2.75, 3.05) is 12.4 Å². The fourth-order valence-electron chi connectivity index (χ4n) is 0.963. The number of carbonyl (C=O) groups excluding carboxylic acids is 1. The number of hydrogen-bond donors (Lipinski definition) is 1. The van der Waals surface area contributed by atoms with Gasteiger partial charge in [0, 0.05) is 0 Å². The van der Waals surface area contributed by atoms with E-state index in [4.69, 9.17) is 11.6 Å². The van der Waals surface area contributed by atoms with E-state index < -0.39 is 11.0 Å². The molecular weight excluding hydrogens is 224 g/mol. The van der Waals surface area contributed by atoms with Gasteiger partial charge in [0.2, 0.25) is 0 Å². The molecule has 0 bridgehead atoms. The molecule has 0 spiro atoms. The number of ether oxygens (including phenoxy) is 1. The second-order valence-corrected chi connectivity index (χ2v) is 2.92. The zero-order valence-corrected chi connectivity index (χ0v) is 8.45. The van der Waals surface area contributed by atoms with Crippen LogP contribution in [0.3, 0.4) is 0 Å². The molecule has 1 amide bonds. The summed E-state index contributed by atoms with van der Waals surface area (Å²) in [5, 5.41) is 12.8. The van der Waals surface area contributed by atoms with Gasteiger partial charge in [0.05, 0.1) is 12.0 Å². The van der Waals surface area contributed by atoms with Crippen LogP contribution in [0.5, 0.6) is 0 Å². The average molecular weight is 231 g/mol. The summed E-state index contributed by atoms with van der Waals surface area (Å²) >= 11 is 5.62. The van der Waals surface area contributed by atoms with E-state index in [1.54, 1.807) is 0 Å². The molecule has 0 saturated carbocycles. The van der Waals surface area contributed by atoms with Gasteiger partial charge in [-0.1, -0.05) is 17.7 Å². The highest BCUT2D eigenvalue weighted by Gasteiger charge is 2.19. The smallest absolute Gasteiger partial charge is 0.411 e. The van der Waals surface area contributed by atoms with E-state index in [0.717, 1.165) is 7.11 Å². The van der Waals surface area contributed by atoms with E-state index >= 15 is 0 Å². The normalized spacial score (nSPS) is 9.47. The summed E-state index contributed by atoms with van der Waals surface area (Å²) in [6.07, 6.45) is -0.791. The maximum Gasteiger partial charge on any atom is 0.411 e. The zero-order chi connectivity index (χ0) is 11.4. The molecule has 1 rings (SSSR count). The predicted molar refractivity (Wildman–Crippen MR) is 54.1 cm³/mol. The third-order valence-corrected chi connectivity index (χ3v) is 1.90. The van der Waals surface area contributed by atoms with Gasteiger partial charge in [0.25, 0.3) is 0 Å². The number of nitrogens with zero attached hydrogens (tertiary/aromatic N) is 1. The van der Waals surface area contributed by atoms with Gasteiger partial charge in [-0.2, -0.15) is 0 Å². The Hall–Kier alpha value is -1.82. The molecule has 0 aliphatic heterocycles. The van der Waals surface area contributed by atoms with Gasteiger partial charge in [-0.15, -0.1) is 0 Å². The first-order valence-electron chi connectivity index (χ1n) is 3.84. The number of rotatable bonds is 2. The van der Waals surface area contributed by atoms with Crippen molar-refractivity contribution in [2.24, 2.45) is 0 Å². The molecular formula is C8H7ClN2O4. The van der Waals surface area contributed by atoms with Crippen molar-refractivity contribution < 1.29 is 14.5 Å². The number of anilines is 1.